The van der Waals surface area contributed by atoms with E-state index in [1.165, 1.54) is 15.8 Å². The number of nitriles is 1. The normalized spacial score (nSPS) is 22.0. The van der Waals surface area contributed by atoms with E-state index in [-0.39, 0.29) is 45.1 Å². The van der Waals surface area contributed by atoms with Gasteiger partial charge in [-0.05, 0) is 49.4 Å². The summed E-state index contributed by atoms with van der Waals surface area (Å²) in [4.78, 5) is 29.8. The summed E-state index contributed by atoms with van der Waals surface area (Å²) < 4.78 is 34.6. The molecule has 0 aliphatic carbocycles. The molecule has 260 valence electrons. The predicted molar refractivity (Wildman–Crippen MR) is 187 cm³/mol. The highest BCUT2D eigenvalue weighted by Crippen LogP contribution is 2.38. The molecule has 50 heavy (non-hydrogen) atoms. The molecule has 2 fully saturated rings. The van der Waals surface area contributed by atoms with E-state index in [0.717, 1.165) is 27.9 Å². The molecular formula is C38H41F2N7O3. The number of hydrogen-bond acceptors (Lipinski definition) is 8. The fraction of sp³-hybridized carbons (Fsp3) is 0.421. The Morgan fingerprint density at radius 2 is 1.80 bits per heavy atom. The van der Waals surface area contributed by atoms with Crippen LogP contribution in [-0.4, -0.2) is 94.8 Å². The number of piperazine rings is 1. The SMILES string of the molecule is Cc1cccc2cccc(N3CCc4c(nc(OC[C@@H]5CC(F)(F)CN5C)nc4N4CCN(C(=O)O)[C@](CC#N)(Cc5ccccc5)C4)C3)c12. The fourth-order valence-corrected chi connectivity index (χ4v) is 8.05. The van der Waals surface area contributed by atoms with Crippen LogP contribution in [-0.2, 0) is 19.4 Å². The molecule has 0 saturated carbocycles. The van der Waals surface area contributed by atoms with Gasteiger partial charge in [-0.25, -0.2) is 13.6 Å². The maximum atomic E-state index is 14.2. The first-order valence-corrected chi connectivity index (χ1v) is 17.1. The molecule has 7 rings (SSSR count). The maximum absolute atomic E-state index is 14.2. The standard InChI is InChI=1S/C38H41F2N7O3/c1-26-8-6-11-28-12-7-13-32(33(26)28)45-17-14-30-31(22-45)42-35(50-23-29-21-38(39,40)25-44(29)2)43-34(30)46-18-19-47(36(48)49)37(24-46,15-16-41)20-27-9-4-3-5-10-27/h3-13,29H,14-15,17-25H2,1-2H3,(H,48,49)/t29-,37+/m0/s1. The summed E-state index contributed by atoms with van der Waals surface area (Å²) in [6.45, 7) is 3.78. The molecule has 10 nitrogen and oxygen atoms in total. The van der Waals surface area contributed by atoms with Crippen molar-refractivity contribution in [2.45, 2.75) is 56.7 Å². The van der Waals surface area contributed by atoms with Gasteiger partial charge in [0.25, 0.3) is 5.92 Å². The van der Waals surface area contributed by atoms with Gasteiger partial charge in [0, 0.05) is 55.3 Å². The Kier molecular flexibility index (Phi) is 8.95. The third-order valence-electron chi connectivity index (χ3n) is 10.5. The van der Waals surface area contributed by atoms with E-state index in [4.69, 9.17) is 14.7 Å². The van der Waals surface area contributed by atoms with Crippen LogP contribution in [0.4, 0.5) is 25.1 Å². The number of hydrogen-bond donors (Lipinski definition) is 1. The number of likely N-dealkylation sites (tertiary alicyclic amines) is 1. The molecule has 0 bridgehead atoms. The number of nitrogens with zero attached hydrogens (tertiary/aromatic N) is 7. The Morgan fingerprint density at radius 3 is 2.52 bits per heavy atom. The first-order chi connectivity index (χ1) is 24.1. The number of fused-ring (bicyclic) bond motifs is 2. The molecule has 1 N–H and O–H groups in total. The molecule has 0 spiro atoms. The van der Waals surface area contributed by atoms with Crippen LogP contribution in [0.1, 0.15) is 35.2 Å². The topological polar surface area (TPSA) is 109 Å². The number of anilines is 2. The zero-order chi connectivity index (χ0) is 35.0. The molecule has 4 heterocycles. The summed E-state index contributed by atoms with van der Waals surface area (Å²) in [7, 11) is 1.67. The summed E-state index contributed by atoms with van der Waals surface area (Å²) in [5.41, 5.74) is 3.92. The van der Waals surface area contributed by atoms with Crippen molar-refractivity contribution in [3.05, 3.63) is 89.1 Å². The molecule has 1 amide bonds. The molecule has 3 aromatic carbocycles. The van der Waals surface area contributed by atoms with E-state index in [9.17, 15) is 23.9 Å². The molecule has 3 aliphatic rings. The summed E-state index contributed by atoms with van der Waals surface area (Å²) in [5.74, 6) is -2.14. The van der Waals surface area contributed by atoms with E-state index >= 15 is 0 Å². The van der Waals surface area contributed by atoms with Crippen LogP contribution in [0.25, 0.3) is 10.8 Å². The van der Waals surface area contributed by atoms with Crippen LogP contribution in [0.5, 0.6) is 6.01 Å². The second-order valence-electron chi connectivity index (χ2n) is 13.9. The summed E-state index contributed by atoms with van der Waals surface area (Å²) in [6.07, 6.45) is -0.380. The van der Waals surface area contributed by atoms with Crippen LogP contribution < -0.4 is 14.5 Å². The lowest BCUT2D eigenvalue weighted by atomic mass is 9.83. The van der Waals surface area contributed by atoms with E-state index in [1.54, 1.807) is 11.9 Å². The lowest BCUT2D eigenvalue weighted by molar-refractivity contribution is 0.0136. The minimum Gasteiger partial charge on any atom is -0.465 e. The van der Waals surface area contributed by atoms with Gasteiger partial charge in [0.05, 0.1) is 36.8 Å². The summed E-state index contributed by atoms with van der Waals surface area (Å²) >= 11 is 0. The van der Waals surface area contributed by atoms with Crippen molar-refractivity contribution < 1.29 is 23.4 Å². The van der Waals surface area contributed by atoms with Gasteiger partial charge >= 0.3 is 12.1 Å². The first-order valence-electron chi connectivity index (χ1n) is 17.1. The first kappa shape index (κ1) is 33.5. The molecule has 12 heteroatoms. The Labute approximate surface area is 290 Å². The quantitative estimate of drug-likeness (QED) is 0.243. The Balaban J connectivity index is 1.26. The van der Waals surface area contributed by atoms with E-state index in [2.05, 4.69) is 59.2 Å². The van der Waals surface area contributed by atoms with Crippen LogP contribution in [0.2, 0.25) is 0 Å². The van der Waals surface area contributed by atoms with E-state index < -0.39 is 23.6 Å². The maximum Gasteiger partial charge on any atom is 0.407 e. The van der Waals surface area contributed by atoms with Gasteiger partial charge in [-0.3, -0.25) is 9.80 Å². The second kappa shape index (κ2) is 13.4. The number of ether oxygens (including phenoxy) is 1. The number of likely N-dealkylation sites (N-methyl/N-ethyl adjacent to an activating group) is 1. The lowest BCUT2D eigenvalue weighted by Gasteiger charge is -2.49. The Morgan fingerprint density at radius 1 is 1.02 bits per heavy atom. The van der Waals surface area contributed by atoms with E-state index in [0.29, 0.717) is 38.3 Å². The minimum absolute atomic E-state index is 0.00222. The Bertz CT molecular complexity index is 1930. The number of carboxylic acid groups (broad SMARTS) is 1. The molecule has 1 aromatic heterocycles. The number of amides is 1. The van der Waals surface area contributed by atoms with E-state index in [1.807, 2.05) is 30.3 Å². The highest BCUT2D eigenvalue weighted by molar-refractivity contribution is 5.97. The van der Waals surface area contributed by atoms with Crippen molar-refractivity contribution in [1.82, 2.24) is 19.8 Å². The average Bonchev–Trinajstić information content (AvgIpc) is 3.37. The highest BCUT2D eigenvalue weighted by atomic mass is 19.3. The fourth-order valence-electron chi connectivity index (χ4n) is 8.05. The number of benzene rings is 3. The van der Waals surface area contributed by atoms with Crippen LogP contribution >= 0.6 is 0 Å². The van der Waals surface area contributed by atoms with Crippen LogP contribution in [0.15, 0.2) is 66.7 Å². The molecule has 3 aliphatic heterocycles. The molecule has 0 unspecified atom stereocenters. The molecule has 0 radical (unpaired) electrons. The minimum atomic E-state index is -2.78. The lowest BCUT2D eigenvalue weighted by Crippen LogP contribution is -2.65. The number of aromatic nitrogens is 2. The summed E-state index contributed by atoms with van der Waals surface area (Å²) in [5, 5.41) is 22.7. The van der Waals surface area contributed by atoms with Gasteiger partial charge < -0.3 is 19.6 Å². The monoisotopic (exact) mass is 681 g/mol. The van der Waals surface area contributed by atoms with Crippen molar-refractivity contribution in [2.24, 2.45) is 0 Å². The average molecular weight is 682 g/mol. The predicted octanol–water partition coefficient (Wildman–Crippen LogP) is 5.91. The van der Waals surface area contributed by atoms with Crippen molar-refractivity contribution in [3.8, 4) is 12.1 Å². The largest absolute Gasteiger partial charge is 0.465 e. The molecule has 4 aromatic rings. The van der Waals surface area contributed by atoms with Crippen molar-refractivity contribution in [2.75, 3.05) is 56.2 Å². The third kappa shape index (κ3) is 6.50. The van der Waals surface area contributed by atoms with Gasteiger partial charge in [0.2, 0.25) is 0 Å². The smallest absolute Gasteiger partial charge is 0.407 e. The Hall–Kier alpha value is -5.02. The van der Waals surface area contributed by atoms with Crippen LogP contribution in [0, 0.1) is 18.3 Å². The van der Waals surface area contributed by atoms with Crippen molar-refractivity contribution >= 4 is 28.4 Å². The number of aryl methyl sites for hydroxylation is 1. The third-order valence-corrected chi connectivity index (χ3v) is 10.5. The molecular weight excluding hydrogens is 640 g/mol. The second-order valence-corrected chi connectivity index (χ2v) is 13.9. The number of rotatable bonds is 8. The highest BCUT2D eigenvalue weighted by Gasteiger charge is 2.46. The zero-order valence-electron chi connectivity index (χ0n) is 28.4. The van der Waals surface area contributed by atoms with Gasteiger partial charge in [-0.1, -0.05) is 60.7 Å². The number of halogens is 2. The van der Waals surface area contributed by atoms with Crippen molar-refractivity contribution in [3.63, 3.8) is 0 Å². The molecule has 2 atom stereocenters. The van der Waals surface area contributed by atoms with Gasteiger partial charge in [0.1, 0.15) is 12.4 Å². The molecule has 2 saturated heterocycles. The van der Waals surface area contributed by atoms with Gasteiger partial charge in [0.15, 0.2) is 0 Å². The summed E-state index contributed by atoms with van der Waals surface area (Å²) in [6, 6.07) is 24.1. The van der Waals surface area contributed by atoms with Gasteiger partial charge in [-0.15, -0.1) is 0 Å². The zero-order valence-corrected chi connectivity index (χ0v) is 28.4. The number of carbonyl (C=O) groups is 1. The van der Waals surface area contributed by atoms with Gasteiger partial charge in [-0.2, -0.15) is 15.2 Å². The number of alkyl halides is 2. The van der Waals surface area contributed by atoms with Crippen LogP contribution in [0.3, 0.4) is 0 Å². The van der Waals surface area contributed by atoms with Crippen molar-refractivity contribution in [1.29, 1.82) is 5.26 Å².